The summed E-state index contributed by atoms with van der Waals surface area (Å²) in [5.74, 6) is 0.958. The van der Waals surface area contributed by atoms with Crippen LogP contribution in [0.4, 0.5) is 5.69 Å². The molecule has 2 aromatic rings. The quantitative estimate of drug-likeness (QED) is 0.401. The number of nitrogens with one attached hydrogen (secondary N) is 2. The summed E-state index contributed by atoms with van der Waals surface area (Å²) in [5, 5.41) is 6.58. The molecule has 0 aromatic heterocycles. The van der Waals surface area contributed by atoms with E-state index < -0.39 is 0 Å². The largest absolute Gasteiger partial charge is 0.368 e. The number of hydrogen-bond donors (Lipinski definition) is 2. The van der Waals surface area contributed by atoms with Gasteiger partial charge in [-0.1, -0.05) is 48.5 Å². The van der Waals surface area contributed by atoms with Crippen LogP contribution in [0.2, 0.25) is 0 Å². The molecule has 6 heteroatoms. The molecule has 30 heavy (non-hydrogen) atoms. The van der Waals surface area contributed by atoms with Gasteiger partial charge in [-0.3, -0.25) is 9.79 Å². The van der Waals surface area contributed by atoms with E-state index in [2.05, 4.69) is 69.1 Å². The highest BCUT2D eigenvalue weighted by Gasteiger charge is 2.20. The molecule has 1 aliphatic rings. The third kappa shape index (κ3) is 6.79. The molecule has 0 saturated carbocycles. The molecule has 0 spiro atoms. The summed E-state index contributed by atoms with van der Waals surface area (Å²) >= 11 is 0. The highest BCUT2D eigenvalue weighted by atomic mass is 16.2. The Balaban J connectivity index is 1.29. The monoisotopic (exact) mass is 407 g/mol. The van der Waals surface area contributed by atoms with Gasteiger partial charge in [0.2, 0.25) is 5.91 Å². The van der Waals surface area contributed by atoms with Crippen molar-refractivity contribution in [2.45, 2.75) is 19.3 Å². The van der Waals surface area contributed by atoms with E-state index in [0.717, 1.165) is 51.5 Å². The van der Waals surface area contributed by atoms with Gasteiger partial charge in [-0.15, -0.1) is 0 Å². The van der Waals surface area contributed by atoms with E-state index in [4.69, 9.17) is 0 Å². The average molecular weight is 408 g/mol. The van der Waals surface area contributed by atoms with E-state index in [1.54, 1.807) is 7.05 Å². The van der Waals surface area contributed by atoms with Gasteiger partial charge in [0.05, 0.1) is 0 Å². The van der Waals surface area contributed by atoms with Crippen molar-refractivity contribution in [3.8, 4) is 0 Å². The van der Waals surface area contributed by atoms with Gasteiger partial charge < -0.3 is 20.4 Å². The zero-order valence-corrected chi connectivity index (χ0v) is 17.9. The minimum Gasteiger partial charge on any atom is -0.368 e. The Labute approximate surface area is 180 Å². The Kier molecular flexibility index (Phi) is 8.57. The van der Waals surface area contributed by atoms with Crippen molar-refractivity contribution >= 4 is 17.6 Å². The first-order valence-electron chi connectivity index (χ1n) is 10.8. The van der Waals surface area contributed by atoms with E-state index in [9.17, 15) is 4.79 Å². The second-order valence-electron chi connectivity index (χ2n) is 7.47. The molecule has 1 aliphatic heterocycles. The molecular weight excluding hydrogens is 374 g/mol. The lowest BCUT2D eigenvalue weighted by Gasteiger charge is -2.36. The third-order valence-corrected chi connectivity index (χ3v) is 5.39. The van der Waals surface area contributed by atoms with Crippen molar-refractivity contribution in [3.63, 3.8) is 0 Å². The number of anilines is 1. The minimum atomic E-state index is 0.203. The molecule has 0 radical (unpaired) electrons. The van der Waals surface area contributed by atoms with Crippen LogP contribution in [0.15, 0.2) is 65.7 Å². The highest BCUT2D eigenvalue weighted by Crippen LogP contribution is 2.15. The molecule has 0 aliphatic carbocycles. The molecule has 160 valence electrons. The van der Waals surface area contributed by atoms with Crippen LogP contribution < -0.4 is 15.5 Å². The van der Waals surface area contributed by atoms with Crippen LogP contribution in [-0.2, 0) is 11.2 Å². The first kappa shape index (κ1) is 21.7. The lowest BCUT2D eigenvalue weighted by molar-refractivity contribution is -0.131. The number of amides is 1. The molecule has 0 atom stereocenters. The summed E-state index contributed by atoms with van der Waals surface area (Å²) in [5.41, 5.74) is 2.58. The lowest BCUT2D eigenvalue weighted by Crippen LogP contribution is -2.49. The molecular formula is C24H33N5O. The third-order valence-electron chi connectivity index (χ3n) is 5.39. The van der Waals surface area contributed by atoms with Gasteiger partial charge in [0.15, 0.2) is 5.96 Å². The van der Waals surface area contributed by atoms with Gasteiger partial charge in [-0.2, -0.15) is 0 Å². The first-order valence-corrected chi connectivity index (χ1v) is 10.8. The molecule has 6 nitrogen and oxygen atoms in total. The fourth-order valence-electron chi connectivity index (χ4n) is 3.66. The first-order chi connectivity index (χ1) is 14.8. The number of aliphatic imine (C=N–C) groups is 1. The summed E-state index contributed by atoms with van der Waals surface area (Å²) in [6.45, 7) is 4.77. The second-order valence-corrected chi connectivity index (χ2v) is 7.47. The van der Waals surface area contributed by atoms with Gasteiger partial charge in [0.25, 0.3) is 0 Å². The predicted molar refractivity (Wildman–Crippen MR) is 124 cm³/mol. The topological polar surface area (TPSA) is 60.0 Å². The Bertz CT molecular complexity index is 786. The average Bonchev–Trinajstić information content (AvgIpc) is 2.82. The number of hydrogen-bond acceptors (Lipinski definition) is 3. The van der Waals surface area contributed by atoms with Crippen molar-refractivity contribution in [1.29, 1.82) is 0 Å². The maximum atomic E-state index is 12.5. The molecule has 0 bridgehead atoms. The molecule has 1 fully saturated rings. The fraction of sp³-hybridized carbons (Fsp3) is 0.417. The maximum Gasteiger partial charge on any atom is 0.224 e. The minimum absolute atomic E-state index is 0.203. The molecule has 1 amide bonds. The number of para-hydroxylation sites is 1. The summed E-state index contributed by atoms with van der Waals surface area (Å²) in [4.78, 5) is 21.1. The van der Waals surface area contributed by atoms with Crippen molar-refractivity contribution in [1.82, 2.24) is 15.5 Å². The van der Waals surface area contributed by atoms with Crippen LogP contribution in [0.3, 0.4) is 0 Å². The number of aryl methyl sites for hydroxylation is 1. The number of piperazine rings is 1. The van der Waals surface area contributed by atoms with Crippen LogP contribution in [0.5, 0.6) is 0 Å². The second kappa shape index (κ2) is 11.9. The van der Waals surface area contributed by atoms with Crippen molar-refractivity contribution < 1.29 is 4.79 Å². The van der Waals surface area contributed by atoms with Gasteiger partial charge in [-0.25, -0.2) is 0 Å². The van der Waals surface area contributed by atoms with Gasteiger partial charge in [0, 0.05) is 58.4 Å². The van der Waals surface area contributed by atoms with Gasteiger partial charge in [0.1, 0.15) is 0 Å². The molecule has 2 N–H and O–H groups in total. The van der Waals surface area contributed by atoms with Crippen molar-refractivity contribution in [3.05, 3.63) is 66.2 Å². The van der Waals surface area contributed by atoms with E-state index in [1.807, 2.05) is 17.0 Å². The van der Waals surface area contributed by atoms with Gasteiger partial charge in [-0.05, 0) is 30.5 Å². The fourth-order valence-corrected chi connectivity index (χ4v) is 3.66. The molecule has 1 saturated heterocycles. The van der Waals surface area contributed by atoms with Crippen LogP contribution >= 0.6 is 0 Å². The molecule has 0 unspecified atom stereocenters. The zero-order chi connectivity index (χ0) is 21.0. The number of benzene rings is 2. The number of carbonyl (C=O) groups excluding carboxylic acids is 1. The highest BCUT2D eigenvalue weighted by molar-refractivity contribution is 5.81. The molecule has 1 heterocycles. The van der Waals surface area contributed by atoms with Crippen LogP contribution in [0.1, 0.15) is 18.4 Å². The normalized spacial score (nSPS) is 14.5. The Hall–Kier alpha value is -3.02. The maximum absolute atomic E-state index is 12.5. The molecule has 3 rings (SSSR count). The summed E-state index contributed by atoms with van der Waals surface area (Å²) in [6, 6.07) is 20.9. The van der Waals surface area contributed by atoms with Gasteiger partial charge >= 0.3 is 0 Å². The standard InChI is InChI=1S/C24H33N5O/c1-25-24(26-15-8-11-21-9-4-2-5-10-21)27-16-14-23(30)29-19-17-28(18-20-29)22-12-6-3-7-13-22/h2-7,9-10,12-13H,8,11,14-20H2,1H3,(H2,25,26,27). The number of nitrogens with zero attached hydrogens (tertiary/aromatic N) is 3. The smallest absolute Gasteiger partial charge is 0.224 e. The molecule has 2 aromatic carbocycles. The van der Waals surface area contributed by atoms with Crippen molar-refractivity contribution in [2.24, 2.45) is 4.99 Å². The van der Waals surface area contributed by atoms with Crippen LogP contribution in [-0.4, -0.2) is 63.1 Å². The summed E-state index contributed by atoms with van der Waals surface area (Å²) in [7, 11) is 1.76. The predicted octanol–water partition coefficient (Wildman–Crippen LogP) is 2.52. The van der Waals surface area contributed by atoms with E-state index in [-0.39, 0.29) is 5.91 Å². The Morgan fingerprint density at radius 2 is 1.53 bits per heavy atom. The number of guanidine groups is 1. The van der Waals surface area contributed by atoms with Crippen molar-refractivity contribution in [2.75, 3.05) is 51.2 Å². The Morgan fingerprint density at radius 1 is 0.900 bits per heavy atom. The summed E-state index contributed by atoms with van der Waals surface area (Å²) < 4.78 is 0. The zero-order valence-electron chi connectivity index (χ0n) is 17.9. The van der Waals surface area contributed by atoms with E-state index in [0.29, 0.717) is 13.0 Å². The number of carbonyl (C=O) groups is 1. The van der Waals surface area contributed by atoms with E-state index >= 15 is 0 Å². The Morgan fingerprint density at radius 3 is 2.20 bits per heavy atom. The number of rotatable bonds is 8. The SMILES string of the molecule is CN=C(NCCCc1ccccc1)NCCC(=O)N1CCN(c2ccccc2)CC1. The van der Waals surface area contributed by atoms with Crippen LogP contribution in [0, 0.1) is 0 Å². The van der Waals surface area contributed by atoms with E-state index in [1.165, 1.54) is 11.3 Å². The summed E-state index contributed by atoms with van der Waals surface area (Å²) in [6.07, 6.45) is 2.56. The lowest BCUT2D eigenvalue weighted by atomic mass is 10.1. The van der Waals surface area contributed by atoms with Crippen LogP contribution in [0.25, 0.3) is 0 Å².